The summed E-state index contributed by atoms with van der Waals surface area (Å²) in [5, 5.41) is 1.81. The Morgan fingerprint density at radius 3 is 2.91 bits per heavy atom. The van der Waals surface area contributed by atoms with Crippen LogP contribution in [0.25, 0.3) is 10.9 Å². The number of amides is 1. The molecule has 5 heteroatoms. The van der Waals surface area contributed by atoms with E-state index in [2.05, 4.69) is 6.92 Å². The van der Waals surface area contributed by atoms with Crippen molar-refractivity contribution in [3.63, 3.8) is 0 Å². The number of carbonyl (C=O) groups excluding carboxylic acids is 1. The molecule has 1 amide bonds. The third-order valence-corrected chi connectivity index (χ3v) is 4.43. The van der Waals surface area contributed by atoms with E-state index >= 15 is 0 Å². The van der Waals surface area contributed by atoms with Gasteiger partial charge in [0.25, 0.3) is 0 Å². The Morgan fingerprint density at radius 1 is 1.36 bits per heavy atom. The molecular weight excluding hydrogens is 300 g/mol. The molecule has 0 radical (unpaired) electrons. The fourth-order valence-electron chi connectivity index (χ4n) is 3.03. The van der Waals surface area contributed by atoms with E-state index in [1.807, 2.05) is 25.1 Å². The van der Waals surface area contributed by atoms with Crippen molar-refractivity contribution in [2.24, 2.45) is 0 Å². The molecule has 0 atom stereocenters. The lowest BCUT2D eigenvalue weighted by Gasteiger charge is -2.18. The van der Waals surface area contributed by atoms with Crippen LogP contribution >= 0.6 is 11.6 Å². The zero-order chi connectivity index (χ0) is 15.7. The van der Waals surface area contributed by atoms with Gasteiger partial charge in [0.05, 0.1) is 12.1 Å². The van der Waals surface area contributed by atoms with E-state index in [9.17, 15) is 4.79 Å². The van der Waals surface area contributed by atoms with Crippen molar-refractivity contribution in [2.45, 2.75) is 26.7 Å². The maximum atomic E-state index is 11.9. The van der Waals surface area contributed by atoms with Gasteiger partial charge in [0, 0.05) is 35.6 Å². The standard InChI is InChI=1S/C17H19ClN2O2/c1-3-22-17(21)20-8-6-13-11(2)14-10-12(18)4-5-15(14)19-16(13)7-9-20/h4-5,10H,3,6-9H2,1-2H3. The minimum absolute atomic E-state index is 0.236. The molecule has 2 heterocycles. The van der Waals surface area contributed by atoms with Crippen LogP contribution in [0.4, 0.5) is 4.79 Å². The Hall–Kier alpha value is -1.81. The van der Waals surface area contributed by atoms with E-state index in [1.165, 1.54) is 11.1 Å². The molecular formula is C17H19ClN2O2. The van der Waals surface area contributed by atoms with Crippen LogP contribution in [0.3, 0.4) is 0 Å². The van der Waals surface area contributed by atoms with Gasteiger partial charge < -0.3 is 9.64 Å². The smallest absolute Gasteiger partial charge is 0.409 e. The van der Waals surface area contributed by atoms with E-state index in [-0.39, 0.29) is 6.09 Å². The summed E-state index contributed by atoms with van der Waals surface area (Å²) in [5.74, 6) is 0. The molecule has 4 nitrogen and oxygen atoms in total. The average molecular weight is 319 g/mol. The van der Waals surface area contributed by atoms with Gasteiger partial charge in [-0.25, -0.2) is 4.79 Å². The van der Waals surface area contributed by atoms with Crippen molar-refractivity contribution >= 4 is 28.6 Å². The number of pyridine rings is 1. The Bertz CT molecular complexity index is 730. The minimum atomic E-state index is -0.236. The summed E-state index contributed by atoms with van der Waals surface area (Å²) in [5.41, 5.74) is 4.50. The van der Waals surface area contributed by atoms with Crippen LogP contribution in [0.15, 0.2) is 18.2 Å². The normalized spacial score (nSPS) is 14.6. The number of rotatable bonds is 1. The molecule has 116 valence electrons. The lowest BCUT2D eigenvalue weighted by atomic mass is 9.98. The second-order valence-electron chi connectivity index (χ2n) is 5.51. The summed E-state index contributed by atoms with van der Waals surface area (Å²) in [6.45, 7) is 5.66. The van der Waals surface area contributed by atoms with Crippen LogP contribution in [0.5, 0.6) is 0 Å². The maximum absolute atomic E-state index is 11.9. The Labute approximate surface area is 135 Å². The quantitative estimate of drug-likeness (QED) is 0.804. The van der Waals surface area contributed by atoms with Crippen LogP contribution in [0.2, 0.25) is 5.02 Å². The number of carbonyl (C=O) groups is 1. The highest BCUT2D eigenvalue weighted by Crippen LogP contribution is 2.27. The molecule has 2 aromatic rings. The van der Waals surface area contributed by atoms with Gasteiger partial charge in [0.1, 0.15) is 0 Å². The first-order chi connectivity index (χ1) is 10.6. The third kappa shape index (κ3) is 2.75. The van der Waals surface area contributed by atoms with Crippen molar-refractivity contribution in [1.29, 1.82) is 0 Å². The minimum Gasteiger partial charge on any atom is -0.450 e. The monoisotopic (exact) mass is 318 g/mol. The molecule has 0 aliphatic carbocycles. The number of aromatic nitrogens is 1. The lowest BCUT2D eigenvalue weighted by molar-refractivity contribution is 0.109. The number of ether oxygens (including phenoxy) is 1. The molecule has 0 saturated carbocycles. The van der Waals surface area contributed by atoms with Crippen molar-refractivity contribution in [3.8, 4) is 0 Å². The molecule has 0 fully saturated rings. The van der Waals surface area contributed by atoms with Gasteiger partial charge in [0.15, 0.2) is 0 Å². The van der Waals surface area contributed by atoms with Crippen molar-refractivity contribution in [1.82, 2.24) is 9.88 Å². The van der Waals surface area contributed by atoms with Crippen LogP contribution < -0.4 is 0 Å². The van der Waals surface area contributed by atoms with E-state index in [1.54, 1.807) is 4.90 Å². The highest BCUT2D eigenvalue weighted by atomic mass is 35.5. The molecule has 0 N–H and O–H groups in total. The summed E-state index contributed by atoms with van der Waals surface area (Å²) >= 11 is 6.11. The summed E-state index contributed by atoms with van der Waals surface area (Å²) < 4.78 is 5.11. The zero-order valence-corrected chi connectivity index (χ0v) is 13.6. The zero-order valence-electron chi connectivity index (χ0n) is 12.9. The second kappa shape index (κ2) is 6.13. The van der Waals surface area contributed by atoms with Gasteiger partial charge in [-0.3, -0.25) is 4.98 Å². The highest BCUT2D eigenvalue weighted by Gasteiger charge is 2.22. The van der Waals surface area contributed by atoms with E-state index in [4.69, 9.17) is 21.3 Å². The Kier molecular flexibility index (Phi) is 4.21. The van der Waals surface area contributed by atoms with Gasteiger partial charge in [-0.05, 0) is 49.6 Å². The molecule has 0 spiro atoms. The van der Waals surface area contributed by atoms with Crippen molar-refractivity contribution in [3.05, 3.63) is 40.0 Å². The molecule has 0 unspecified atom stereocenters. The number of hydrogen-bond donors (Lipinski definition) is 0. The summed E-state index contributed by atoms with van der Waals surface area (Å²) in [6, 6.07) is 5.79. The first-order valence-electron chi connectivity index (χ1n) is 7.59. The largest absolute Gasteiger partial charge is 0.450 e. The Morgan fingerprint density at radius 2 is 2.14 bits per heavy atom. The van der Waals surface area contributed by atoms with Gasteiger partial charge in [-0.1, -0.05) is 11.6 Å². The summed E-state index contributed by atoms with van der Waals surface area (Å²) in [6.07, 6.45) is 1.32. The average Bonchev–Trinajstić information content (AvgIpc) is 2.71. The summed E-state index contributed by atoms with van der Waals surface area (Å²) in [7, 11) is 0. The predicted octanol–water partition coefficient (Wildman–Crippen LogP) is 3.75. The number of fused-ring (bicyclic) bond motifs is 2. The van der Waals surface area contributed by atoms with Gasteiger partial charge in [-0.2, -0.15) is 0 Å². The van der Waals surface area contributed by atoms with Crippen LogP contribution in [0, 0.1) is 6.92 Å². The number of aryl methyl sites for hydroxylation is 1. The molecule has 0 saturated heterocycles. The van der Waals surface area contributed by atoms with Crippen molar-refractivity contribution in [2.75, 3.05) is 19.7 Å². The van der Waals surface area contributed by atoms with Crippen molar-refractivity contribution < 1.29 is 9.53 Å². The molecule has 0 bridgehead atoms. The van der Waals surface area contributed by atoms with Crippen LogP contribution in [-0.2, 0) is 17.6 Å². The second-order valence-corrected chi connectivity index (χ2v) is 5.95. The number of halogens is 1. The van der Waals surface area contributed by atoms with E-state index in [0.717, 1.165) is 34.5 Å². The molecule has 22 heavy (non-hydrogen) atoms. The first kappa shape index (κ1) is 15.1. The van der Waals surface area contributed by atoms with Gasteiger partial charge in [0.2, 0.25) is 0 Å². The maximum Gasteiger partial charge on any atom is 0.409 e. The third-order valence-electron chi connectivity index (χ3n) is 4.20. The molecule has 1 aromatic carbocycles. The summed E-state index contributed by atoms with van der Waals surface area (Å²) in [4.78, 5) is 18.5. The lowest BCUT2D eigenvalue weighted by Crippen LogP contribution is -2.33. The topological polar surface area (TPSA) is 42.4 Å². The number of benzene rings is 1. The van der Waals surface area contributed by atoms with E-state index in [0.29, 0.717) is 19.7 Å². The fourth-order valence-corrected chi connectivity index (χ4v) is 3.21. The predicted molar refractivity (Wildman–Crippen MR) is 87.5 cm³/mol. The SMILES string of the molecule is CCOC(=O)N1CCc2nc3ccc(Cl)cc3c(C)c2CC1. The highest BCUT2D eigenvalue weighted by molar-refractivity contribution is 6.31. The first-order valence-corrected chi connectivity index (χ1v) is 7.97. The fraction of sp³-hybridized carbons (Fsp3) is 0.412. The number of hydrogen-bond acceptors (Lipinski definition) is 3. The molecule has 1 aliphatic rings. The molecule has 1 aromatic heterocycles. The van der Waals surface area contributed by atoms with Crippen LogP contribution in [-0.4, -0.2) is 35.7 Å². The van der Waals surface area contributed by atoms with E-state index < -0.39 is 0 Å². The van der Waals surface area contributed by atoms with Crippen LogP contribution in [0.1, 0.15) is 23.7 Å². The molecule has 3 rings (SSSR count). The number of nitrogens with zero attached hydrogens (tertiary/aromatic N) is 2. The van der Waals surface area contributed by atoms with Gasteiger partial charge >= 0.3 is 6.09 Å². The van der Waals surface area contributed by atoms with Gasteiger partial charge in [-0.15, -0.1) is 0 Å². The molecule has 1 aliphatic heterocycles. The Balaban J connectivity index is 1.96.